The predicted molar refractivity (Wildman–Crippen MR) is 71.2 cm³/mol. The number of hydrogen-bond donors (Lipinski definition) is 1. The molecule has 5 heteroatoms. The third kappa shape index (κ3) is 3.43. The van der Waals surface area contributed by atoms with Gasteiger partial charge in [0, 0.05) is 13.6 Å². The zero-order valence-electron chi connectivity index (χ0n) is 10.8. The van der Waals surface area contributed by atoms with Gasteiger partial charge in [0.1, 0.15) is 5.82 Å². The predicted octanol–water partition coefficient (Wildman–Crippen LogP) is 2.54. The number of halogens is 2. The zero-order chi connectivity index (χ0) is 13.9. The minimum absolute atomic E-state index is 0.139. The smallest absolute Gasteiger partial charge is 0.255 e. The Morgan fingerprint density at radius 3 is 2.67 bits per heavy atom. The first-order chi connectivity index (χ1) is 8.28. The van der Waals surface area contributed by atoms with Gasteiger partial charge in [-0.3, -0.25) is 4.79 Å². The summed E-state index contributed by atoms with van der Waals surface area (Å²) in [5, 5.41) is -0.139. The molecule has 0 aliphatic carbocycles. The van der Waals surface area contributed by atoms with Gasteiger partial charge in [-0.05, 0) is 24.1 Å². The monoisotopic (exact) mass is 272 g/mol. The van der Waals surface area contributed by atoms with E-state index in [1.807, 2.05) is 13.8 Å². The molecule has 0 fully saturated rings. The summed E-state index contributed by atoms with van der Waals surface area (Å²) in [5.41, 5.74) is 5.61. The van der Waals surface area contributed by atoms with Crippen molar-refractivity contribution in [3.8, 4) is 0 Å². The molecule has 3 nitrogen and oxygen atoms in total. The highest BCUT2D eigenvalue weighted by Gasteiger charge is 2.23. The van der Waals surface area contributed by atoms with Crippen molar-refractivity contribution in [3.05, 3.63) is 34.6 Å². The average Bonchev–Trinajstić information content (AvgIpc) is 2.31. The van der Waals surface area contributed by atoms with Crippen molar-refractivity contribution in [2.45, 2.75) is 13.8 Å². The quantitative estimate of drug-likeness (QED) is 0.916. The van der Waals surface area contributed by atoms with Gasteiger partial charge in [-0.15, -0.1) is 0 Å². The van der Waals surface area contributed by atoms with Crippen LogP contribution in [-0.4, -0.2) is 30.9 Å². The van der Waals surface area contributed by atoms with Crippen LogP contribution in [0, 0.1) is 11.2 Å². The van der Waals surface area contributed by atoms with Crippen molar-refractivity contribution < 1.29 is 9.18 Å². The van der Waals surface area contributed by atoms with Gasteiger partial charge in [-0.2, -0.15) is 0 Å². The Kier molecular flexibility index (Phi) is 4.71. The molecule has 0 aromatic heterocycles. The molecule has 0 saturated heterocycles. The van der Waals surface area contributed by atoms with E-state index in [1.54, 1.807) is 7.05 Å². The molecule has 18 heavy (non-hydrogen) atoms. The van der Waals surface area contributed by atoms with Crippen LogP contribution < -0.4 is 5.73 Å². The van der Waals surface area contributed by atoms with Gasteiger partial charge in [0.2, 0.25) is 0 Å². The van der Waals surface area contributed by atoms with Crippen LogP contribution in [0.15, 0.2) is 18.2 Å². The lowest BCUT2D eigenvalue weighted by Gasteiger charge is -2.29. The zero-order valence-corrected chi connectivity index (χ0v) is 11.6. The molecule has 0 aliphatic rings. The molecule has 2 N–H and O–H groups in total. The maximum absolute atomic E-state index is 13.3. The Hall–Kier alpha value is -1.13. The molecule has 1 rings (SSSR count). The fourth-order valence-electron chi connectivity index (χ4n) is 1.65. The van der Waals surface area contributed by atoms with Gasteiger partial charge in [-0.25, -0.2) is 4.39 Å². The lowest BCUT2D eigenvalue weighted by Crippen LogP contribution is -2.39. The highest BCUT2D eigenvalue weighted by atomic mass is 35.5. The normalized spacial score (nSPS) is 11.4. The second-order valence-corrected chi connectivity index (χ2v) is 5.51. The summed E-state index contributed by atoms with van der Waals surface area (Å²) >= 11 is 5.79. The molecule has 100 valence electrons. The van der Waals surface area contributed by atoms with Crippen LogP contribution in [0.3, 0.4) is 0 Å². The molecule has 0 spiro atoms. The summed E-state index contributed by atoms with van der Waals surface area (Å²) in [6.45, 7) is 4.87. The molecule has 1 aromatic carbocycles. The van der Waals surface area contributed by atoms with E-state index in [2.05, 4.69) is 0 Å². The van der Waals surface area contributed by atoms with Crippen LogP contribution in [0.2, 0.25) is 5.02 Å². The standard InChI is InChI=1S/C13H18ClFN2O/c1-13(2,7-16)8-17(3)12(18)9-5-4-6-10(15)11(9)14/h4-6H,7-8,16H2,1-3H3. The Labute approximate surface area is 112 Å². The van der Waals surface area contributed by atoms with Gasteiger partial charge in [0.15, 0.2) is 0 Å². The third-order valence-electron chi connectivity index (χ3n) is 2.75. The van der Waals surface area contributed by atoms with E-state index in [0.29, 0.717) is 13.1 Å². The lowest BCUT2D eigenvalue weighted by atomic mass is 9.93. The Morgan fingerprint density at radius 1 is 1.50 bits per heavy atom. The molecule has 0 heterocycles. The van der Waals surface area contributed by atoms with Gasteiger partial charge in [-0.1, -0.05) is 31.5 Å². The molecular formula is C13H18ClFN2O. The van der Waals surface area contributed by atoms with Gasteiger partial charge in [0.05, 0.1) is 10.6 Å². The number of carbonyl (C=O) groups is 1. The SMILES string of the molecule is CN(CC(C)(C)CN)C(=O)c1cccc(F)c1Cl. The molecule has 1 amide bonds. The summed E-state index contributed by atoms with van der Waals surface area (Å²) in [4.78, 5) is 13.7. The van der Waals surface area contributed by atoms with E-state index < -0.39 is 5.82 Å². The van der Waals surface area contributed by atoms with E-state index in [1.165, 1.54) is 23.1 Å². The first kappa shape index (κ1) is 14.9. The molecule has 0 radical (unpaired) electrons. The molecule has 0 bridgehead atoms. The number of nitrogens with zero attached hydrogens (tertiary/aromatic N) is 1. The minimum Gasteiger partial charge on any atom is -0.341 e. The summed E-state index contributed by atoms with van der Waals surface area (Å²) in [6, 6.07) is 4.21. The van der Waals surface area contributed by atoms with E-state index in [4.69, 9.17) is 17.3 Å². The maximum atomic E-state index is 13.3. The lowest BCUT2D eigenvalue weighted by molar-refractivity contribution is 0.0740. The molecule has 0 aliphatic heterocycles. The highest BCUT2D eigenvalue weighted by Crippen LogP contribution is 2.22. The number of rotatable bonds is 4. The first-order valence-electron chi connectivity index (χ1n) is 5.68. The topological polar surface area (TPSA) is 46.3 Å². The summed E-state index contributed by atoms with van der Waals surface area (Å²) in [5.74, 6) is -0.893. The van der Waals surface area contributed by atoms with Gasteiger partial charge >= 0.3 is 0 Å². The fraction of sp³-hybridized carbons (Fsp3) is 0.462. The van der Waals surface area contributed by atoms with Gasteiger partial charge < -0.3 is 10.6 Å². The van der Waals surface area contributed by atoms with E-state index >= 15 is 0 Å². The Bertz CT molecular complexity index is 449. The van der Waals surface area contributed by atoms with E-state index in [-0.39, 0.29) is 21.9 Å². The molecule has 0 unspecified atom stereocenters. The van der Waals surface area contributed by atoms with Crippen molar-refractivity contribution in [3.63, 3.8) is 0 Å². The number of nitrogens with two attached hydrogens (primary N) is 1. The van der Waals surface area contributed by atoms with Crippen molar-refractivity contribution in [1.82, 2.24) is 4.90 Å². The second-order valence-electron chi connectivity index (χ2n) is 5.13. The van der Waals surface area contributed by atoms with Crippen LogP contribution in [0.25, 0.3) is 0 Å². The molecular weight excluding hydrogens is 255 g/mol. The van der Waals surface area contributed by atoms with E-state index in [9.17, 15) is 9.18 Å². The first-order valence-corrected chi connectivity index (χ1v) is 6.06. The number of carbonyl (C=O) groups excluding carboxylic acids is 1. The van der Waals surface area contributed by atoms with Crippen LogP contribution in [0.1, 0.15) is 24.2 Å². The third-order valence-corrected chi connectivity index (χ3v) is 3.13. The van der Waals surface area contributed by atoms with Gasteiger partial charge in [0.25, 0.3) is 5.91 Å². The average molecular weight is 273 g/mol. The second kappa shape index (κ2) is 5.67. The minimum atomic E-state index is -0.589. The summed E-state index contributed by atoms with van der Waals surface area (Å²) in [7, 11) is 1.65. The molecule has 1 aromatic rings. The highest BCUT2D eigenvalue weighted by molar-refractivity contribution is 6.33. The Morgan fingerprint density at radius 2 is 2.11 bits per heavy atom. The number of amides is 1. The number of hydrogen-bond acceptors (Lipinski definition) is 2. The number of benzene rings is 1. The molecule has 0 atom stereocenters. The van der Waals surface area contributed by atoms with Crippen LogP contribution in [0.4, 0.5) is 4.39 Å². The molecule has 0 saturated carbocycles. The van der Waals surface area contributed by atoms with Crippen LogP contribution >= 0.6 is 11.6 Å². The summed E-state index contributed by atoms with van der Waals surface area (Å²) < 4.78 is 13.3. The Balaban J connectivity index is 2.91. The summed E-state index contributed by atoms with van der Waals surface area (Å²) in [6.07, 6.45) is 0. The van der Waals surface area contributed by atoms with Crippen molar-refractivity contribution in [1.29, 1.82) is 0 Å². The van der Waals surface area contributed by atoms with Crippen LogP contribution in [0.5, 0.6) is 0 Å². The fourth-order valence-corrected chi connectivity index (χ4v) is 1.86. The largest absolute Gasteiger partial charge is 0.341 e. The van der Waals surface area contributed by atoms with Crippen LogP contribution in [-0.2, 0) is 0 Å². The maximum Gasteiger partial charge on any atom is 0.255 e. The van der Waals surface area contributed by atoms with Crippen molar-refractivity contribution >= 4 is 17.5 Å². The van der Waals surface area contributed by atoms with Crippen molar-refractivity contribution in [2.24, 2.45) is 11.1 Å². The van der Waals surface area contributed by atoms with E-state index in [0.717, 1.165) is 0 Å². The van der Waals surface area contributed by atoms with Crippen molar-refractivity contribution in [2.75, 3.05) is 20.1 Å².